The lowest BCUT2D eigenvalue weighted by molar-refractivity contribution is -0.391. The van der Waals surface area contributed by atoms with Crippen molar-refractivity contribution in [2.75, 3.05) is 33.0 Å². The predicted octanol–water partition coefficient (Wildman–Crippen LogP) is -3.48. The Balaban J connectivity index is 0.732. The van der Waals surface area contributed by atoms with Crippen molar-refractivity contribution >= 4 is 35.8 Å². The van der Waals surface area contributed by atoms with E-state index < -0.39 is 378 Å². The van der Waals surface area contributed by atoms with Crippen molar-refractivity contribution in [1.82, 2.24) is 0 Å². The van der Waals surface area contributed by atoms with Crippen LogP contribution in [-0.2, 0) is 104 Å². The summed E-state index contributed by atoms with van der Waals surface area (Å²) in [5.41, 5.74) is -4.49. The highest BCUT2D eigenvalue weighted by Gasteiger charge is 2.74. The average Bonchev–Trinajstić information content (AvgIpc) is 0.693. The van der Waals surface area contributed by atoms with E-state index in [1.54, 1.807) is 44.3 Å². The Labute approximate surface area is 833 Å². The first-order valence-corrected chi connectivity index (χ1v) is 50.5. The maximum absolute atomic E-state index is 16.5. The average molecular weight is 2070 g/mol. The highest BCUT2D eigenvalue weighted by Crippen LogP contribution is 2.76. The fourth-order valence-electron chi connectivity index (χ4n) is 24.9. The number of benzene rings is 1. The standard InChI is InChI=1S/C98H153NO45/c1-13-40(3)52(132-60(108)30-46(103)29-53(41(4)14-2)133-88-70(118)65(113)55(35-101)134-88)28-45(102)31-61(109)137-77-43(6)131-90(81(73(77)121)142-87-72(120)67(115)76(42(5)130-87)138-86-75(123)78(51(106)38-129-86)139-84-68(116)62(110)49(104)36-127-84)144-92(126)98-27-26-93(7,8)32-48(98)47-20-21-57-94(9)24-23-59(95(10,39-99-44-18-16-15-17-19-44)56(94)22-25-96(57,11)97(47,12)33-58(98)107)136-91-82(143-89-71(119)66(114)64(112)54(34-100)135-89)79(74(122)80(141-91)83(124)125)140-85-69(117)63(111)50(105)37-128-85/h15-20,39-43,45-46,48-59,62-82,84-91,100-107,110-123H,13-14,21-38H2,1-12H3,(H,124,125)/t40-,41-,42?,43?,45-,46-,48?,49+,50+,51+,52-,53-,54?,55-,56+,57?,58?,59-,62?,63-,64-,65?,66-,67?,68?,69?,70?,71?,72?,73?,74-,75?,76-,77-,78?,79-,80?,81?,82?,84-,85-,86-,87-,88+,89-,90-,91+,94?,95+,96-,97+,98+/m0/s1. The van der Waals surface area contributed by atoms with Gasteiger partial charge in [-0.05, 0) is 135 Å². The van der Waals surface area contributed by atoms with Gasteiger partial charge in [0, 0.05) is 24.5 Å². The second-order valence-electron chi connectivity index (χ2n) is 43.9. The van der Waals surface area contributed by atoms with E-state index in [1.165, 1.54) is 13.8 Å². The van der Waals surface area contributed by atoms with Crippen LogP contribution in [0.15, 0.2) is 47.0 Å². The molecule has 46 nitrogen and oxygen atoms in total. The lowest BCUT2D eigenvalue weighted by Crippen LogP contribution is -2.69. The Bertz CT molecular complexity index is 4450. The van der Waals surface area contributed by atoms with Crippen LogP contribution in [0.2, 0.25) is 0 Å². The zero-order chi connectivity index (χ0) is 105. The van der Waals surface area contributed by atoms with E-state index in [1.807, 2.05) is 26.8 Å². The number of carboxylic acids is 1. The third-order valence-electron chi connectivity index (χ3n) is 34.1. The molecule has 12 fully saturated rings. The van der Waals surface area contributed by atoms with E-state index in [9.17, 15) is 132 Å². The molecule has 8 heterocycles. The molecule has 144 heavy (non-hydrogen) atoms. The molecule has 21 unspecified atom stereocenters. The molecule has 4 saturated carbocycles. The number of rotatable bonds is 35. The molecule has 23 N–H and O–H groups in total. The predicted molar refractivity (Wildman–Crippen MR) is 486 cm³/mol. The van der Waals surface area contributed by atoms with Gasteiger partial charge in [-0.1, -0.05) is 112 Å². The van der Waals surface area contributed by atoms with Crippen LogP contribution in [0.25, 0.3) is 0 Å². The molecule has 1 aromatic rings. The molecular weight excluding hydrogens is 1910 g/mol. The molecular formula is C98H153NO45. The summed E-state index contributed by atoms with van der Waals surface area (Å²) in [7, 11) is 0. The summed E-state index contributed by atoms with van der Waals surface area (Å²) < 4.78 is 110. The van der Waals surface area contributed by atoms with Gasteiger partial charge in [0.05, 0.1) is 94.3 Å². The Morgan fingerprint density at radius 1 is 0.479 bits per heavy atom. The number of hydrogen-bond donors (Lipinski definition) is 23. The number of hydrogen-bond acceptors (Lipinski definition) is 45. The van der Waals surface area contributed by atoms with Crippen LogP contribution in [0.1, 0.15) is 179 Å². The van der Waals surface area contributed by atoms with Crippen molar-refractivity contribution in [2.45, 2.75) is 437 Å². The number of aliphatic carboxylic acids is 1. The van der Waals surface area contributed by atoms with Gasteiger partial charge in [-0.25, -0.2) is 4.79 Å². The maximum Gasteiger partial charge on any atom is 0.335 e. The number of nitrogens with zero attached hydrogens (tertiary/aromatic N) is 1. The number of aliphatic hydroxyl groups excluding tert-OH is 22. The SMILES string of the molecule is CC[C@H](C)[C@H](C[C@H](O)CC(=O)O[C@H]1C(C)O[C@@H](OC(=O)[C@]23CCC(C)(C)CC2C2=CCC4C5(C)CC[C@H](O[C@@H]6OC(C(=O)O)[C@@H](O)[C@H](O[C@@H]7OC[C@@H](O)[C@H](O)C7O)C6O[C@@H]6OC(CO)[C@H](O)[C@H](O)C6O)[C@](C)(C=Nc6ccccc6)[C@@H]5CC[C@]4(C)[C@]2(C)CC3O)C(O[C@@H]2OC(C)[C@H](O[C@@H]3OC[C@@H](O)C(O[C@@H]4OC[C@@H](O)C(O)C4O)C3O)C(O)C2O)C1O)OC(=O)C[C@@H](O)C[C@H](O[C@@H]1O[C@@H](CO)C(O)C1O)[C@@H](C)CC. The molecule has 52 atom stereocenters. The van der Waals surface area contributed by atoms with Crippen LogP contribution in [0.3, 0.4) is 0 Å². The molecule has 820 valence electrons. The van der Waals surface area contributed by atoms with Crippen LogP contribution in [0, 0.1) is 62.1 Å². The van der Waals surface area contributed by atoms with Gasteiger partial charge in [0.2, 0.25) is 6.29 Å². The van der Waals surface area contributed by atoms with Gasteiger partial charge in [0.25, 0.3) is 0 Å². The first-order valence-electron chi connectivity index (χ1n) is 50.5. The number of para-hydroxylation sites is 1. The smallest absolute Gasteiger partial charge is 0.335 e. The van der Waals surface area contributed by atoms with Crippen molar-refractivity contribution in [3.05, 3.63) is 42.0 Å². The number of aliphatic imine (C=N–C) groups is 1. The van der Waals surface area contributed by atoms with Gasteiger partial charge < -0.3 is 203 Å². The minimum Gasteiger partial charge on any atom is -0.479 e. The van der Waals surface area contributed by atoms with E-state index >= 15 is 4.79 Å². The summed E-state index contributed by atoms with van der Waals surface area (Å²) in [5, 5.41) is 258. The summed E-state index contributed by atoms with van der Waals surface area (Å²) in [6.45, 7) is 19.3. The zero-order valence-electron chi connectivity index (χ0n) is 83.0. The fourth-order valence-corrected chi connectivity index (χ4v) is 24.9. The minimum absolute atomic E-state index is 0.0282. The highest BCUT2D eigenvalue weighted by molar-refractivity contribution is 5.80. The first-order chi connectivity index (χ1) is 67.8. The Hall–Kier alpha value is -4.97. The van der Waals surface area contributed by atoms with Crippen molar-refractivity contribution in [2.24, 2.45) is 67.1 Å². The first kappa shape index (κ1) is 115. The summed E-state index contributed by atoms with van der Waals surface area (Å²) >= 11 is 0. The molecule has 8 aliphatic heterocycles. The van der Waals surface area contributed by atoms with E-state index in [0.29, 0.717) is 57.1 Å². The summed E-state index contributed by atoms with van der Waals surface area (Å²) in [6, 6.07) is 8.98. The van der Waals surface area contributed by atoms with E-state index in [0.717, 1.165) is 5.57 Å². The highest BCUT2D eigenvalue weighted by atomic mass is 16.8. The number of carbonyl (C=O) groups is 4. The molecule has 0 bridgehead atoms. The second kappa shape index (κ2) is 46.5. The monoisotopic (exact) mass is 2060 g/mol. The van der Waals surface area contributed by atoms with Crippen LogP contribution < -0.4 is 0 Å². The molecule has 46 heteroatoms. The number of aliphatic hydroxyl groups is 22. The molecule has 1 aromatic carbocycles. The molecule has 14 rings (SSSR count). The molecule has 0 amide bonds. The van der Waals surface area contributed by atoms with Crippen LogP contribution in [0.4, 0.5) is 5.69 Å². The Kier molecular flexibility index (Phi) is 37.0. The van der Waals surface area contributed by atoms with Gasteiger partial charge in [-0.15, -0.1) is 0 Å². The summed E-state index contributed by atoms with van der Waals surface area (Å²) in [5.74, 6) is -6.94. The Morgan fingerprint density at radius 3 is 1.62 bits per heavy atom. The minimum atomic E-state index is -2.24. The zero-order valence-corrected chi connectivity index (χ0v) is 83.0. The summed E-state index contributed by atoms with van der Waals surface area (Å²) in [6.07, 6.45) is -67.6. The number of esters is 3. The number of allylic oxidation sites excluding steroid dienone is 2. The number of fused-ring (bicyclic) bond motifs is 7. The van der Waals surface area contributed by atoms with E-state index in [4.69, 9.17) is 90.3 Å². The van der Waals surface area contributed by atoms with Crippen molar-refractivity contribution < 1.29 is 222 Å². The number of ether oxygens (including phenoxy) is 18. The van der Waals surface area contributed by atoms with Crippen molar-refractivity contribution in [1.29, 1.82) is 0 Å². The fraction of sp³-hybridized carbons (Fsp3) is 0.867. The second-order valence-corrected chi connectivity index (χ2v) is 43.9. The Morgan fingerprint density at radius 2 is 1.00 bits per heavy atom. The largest absolute Gasteiger partial charge is 0.479 e. The molecule has 13 aliphatic rings. The van der Waals surface area contributed by atoms with E-state index in [-0.39, 0.29) is 43.9 Å². The molecule has 0 spiro atoms. The van der Waals surface area contributed by atoms with Crippen molar-refractivity contribution in [3.8, 4) is 0 Å². The van der Waals surface area contributed by atoms with Gasteiger partial charge >= 0.3 is 23.9 Å². The van der Waals surface area contributed by atoms with Crippen molar-refractivity contribution in [3.63, 3.8) is 0 Å². The normalized spacial score (nSPS) is 47.3. The third-order valence-corrected chi connectivity index (χ3v) is 34.1. The lowest BCUT2D eigenvalue weighted by Gasteiger charge is -2.71. The molecule has 0 aromatic heterocycles. The van der Waals surface area contributed by atoms with Crippen LogP contribution in [-0.4, -0.2) is 438 Å². The number of carbonyl (C=O) groups excluding carboxylic acids is 3. The molecule has 5 aliphatic carbocycles. The maximum atomic E-state index is 16.5. The van der Waals surface area contributed by atoms with Gasteiger partial charge in [0.1, 0.15) is 152 Å². The molecule has 0 radical (unpaired) electrons. The van der Waals surface area contributed by atoms with E-state index in [2.05, 4.69) is 40.7 Å². The third kappa shape index (κ3) is 22.9. The number of carboxylic acid groups (broad SMARTS) is 1. The lowest BCUT2D eigenvalue weighted by atomic mass is 9.33. The van der Waals surface area contributed by atoms with Gasteiger partial charge in [-0.3, -0.25) is 19.4 Å². The topological polar surface area (TPSA) is 712 Å². The quantitative estimate of drug-likeness (QED) is 0.0103. The van der Waals surface area contributed by atoms with Crippen LogP contribution in [0.5, 0.6) is 0 Å². The molecule has 8 saturated heterocycles. The van der Waals surface area contributed by atoms with Gasteiger partial charge in [0.15, 0.2) is 62.3 Å². The van der Waals surface area contributed by atoms with Crippen LogP contribution >= 0.6 is 0 Å². The van der Waals surface area contributed by atoms with Gasteiger partial charge in [-0.2, -0.15) is 0 Å². The summed E-state index contributed by atoms with van der Waals surface area (Å²) in [4.78, 5) is 63.2.